The van der Waals surface area contributed by atoms with Crippen molar-refractivity contribution in [1.29, 1.82) is 0 Å². The summed E-state index contributed by atoms with van der Waals surface area (Å²) in [7, 11) is 0. The molecule has 0 spiro atoms. The summed E-state index contributed by atoms with van der Waals surface area (Å²) >= 11 is 3.36. The Labute approximate surface area is 128 Å². The van der Waals surface area contributed by atoms with Crippen LogP contribution in [0.3, 0.4) is 0 Å². The molecule has 0 saturated carbocycles. The van der Waals surface area contributed by atoms with Crippen LogP contribution in [0.25, 0.3) is 0 Å². The van der Waals surface area contributed by atoms with Crippen LogP contribution in [0.1, 0.15) is 38.2 Å². The van der Waals surface area contributed by atoms with Gasteiger partial charge in [-0.05, 0) is 44.4 Å². The molecule has 1 rings (SSSR count). The summed E-state index contributed by atoms with van der Waals surface area (Å²) in [5, 5.41) is 9.24. The highest BCUT2D eigenvalue weighted by Crippen LogP contribution is 2.23. The monoisotopic (exact) mass is 344 g/mol. The summed E-state index contributed by atoms with van der Waals surface area (Å²) in [5.41, 5.74) is 0.769. The molecule has 0 fully saturated rings. The number of halogens is 1. The standard InChI is InChI=1S/C15H21BrO4/c1-2-19-15(18)6-4-3-5-9-20-14-8-7-13(16)10-12(14)11-17/h7-8,10,17H,2-6,9,11H2,1H3. The minimum atomic E-state index is -0.135. The Hall–Kier alpha value is -1.07. The number of ether oxygens (including phenoxy) is 2. The second-order valence-corrected chi connectivity index (χ2v) is 5.29. The van der Waals surface area contributed by atoms with E-state index in [1.807, 2.05) is 25.1 Å². The van der Waals surface area contributed by atoms with Crippen LogP contribution in [-0.4, -0.2) is 24.3 Å². The average Bonchev–Trinajstić information content (AvgIpc) is 2.44. The molecule has 20 heavy (non-hydrogen) atoms. The predicted molar refractivity (Wildman–Crippen MR) is 80.7 cm³/mol. The maximum absolute atomic E-state index is 11.1. The highest BCUT2D eigenvalue weighted by Gasteiger charge is 2.04. The molecule has 0 unspecified atom stereocenters. The molecule has 0 heterocycles. The Kier molecular flexibility index (Phi) is 8.30. The van der Waals surface area contributed by atoms with Gasteiger partial charge in [-0.15, -0.1) is 0 Å². The van der Waals surface area contributed by atoms with Gasteiger partial charge in [-0.3, -0.25) is 4.79 Å². The predicted octanol–water partition coefficient (Wildman–Crippen LogP) is 3.44. The fourth-order valence-corrected chi connectivity index (χ4v) is 2.18. The second kappa shape index (κ2) is 9.77. The lowest BCUT2D eigenvalue weighted by Gasteiger charge is -2.10. The van der Waals surface area contributed by atoms with Gasteiger partial charge in [-0.2, -0.15) is 0 Å². The molecule has 0 radical (unpaired) electrons. The van der Waals surface area contributed by atoms with Crippen molar-refractivity contribution >= 4 is 21.9 Å². The van der Waals surface area contributed by atoms with E-state index in [1.165, 1.54) is 0 Å². The fourth-order valence-electron chi connectivity index (χ4n) is 1.78. The van der Waals surface area contributed by atoms with Gasteiger partial charge in [0.25, 0.3) is 0 Å². The third-order valence-corrected chi connectivity index (χ3v) is 3.27. The van der Waals surface area contributed by atoms with Crippen molar-refractivity contribution < 1.29 is 19.4 Å². The number of hydrogen-bond donors (Lipinski definition) is 1. The number of hydrogen-bond acceptors (Lipinski definition) is 4. The number of unbranched alkanes of at least 4 members (excludes halogenated alkanes) is 2. The van der Waals surface area contributed by atoms with Gasteiger partial charge in [-0.25, -0.2) is 0 Å². The van der Waals surface area contributed by atoms with Crippen LogP contribution in [0.2, 0.25) is 0 Å². The van der Waals surface area contributed by atoms with Gasteiger partial charge in [0.05, 0.1) is 19.8 Å². The third-order valence-electron chi connectivity index (χ3n) is 2.78. The topological polar surface area (TPSA) is 55.8 Å². The summed E-state index contributed by atoms with van der Waals surface area (Å²) < 4.78 is 11.4. The van der Waals surface area contributed by atoms with Crippen molar-refractivity contribution in [3.8, 4) is 5.75 Å². The molecule has 0 aliphatic rings. The Morgan fingerprint density at radius 2 is 2.10 bits per heavy atom. The molecule has 112 valence electrons. The van der Waals surface area contributed by atoms with Gasteiger partial charge in [0.2, 0.25) is 0 Å². The van der Waals surface area contributed by atoms with E-state index in [0.717, 1.165) is 29.3 Å². The molecular weight excluding hydrogens is 324 g/mol. The molecule has 5 heteroatoms. The number of carbonyl (C=O) groups excluding carboxylic acids is 1. The lowest BCUT2D eigenvalue weighted by molar-refractivity contribution is -0.143. The zero-order valence-corrected chi connectivity index (χ0v) is 13.3. The smallest absolute Gasteiger partial charge is 0.305 e. The lowest BCUT2D eigenvalue weighted by atomic mass is 10.2. The van der Waals surface area contributed by atoms with Crippen LogP contribution < -0.4 is 4.74 Å². The van der Waals surface area contributed by atoms with Gasteiger partial charge in [0, 0.05) is 16.5 Å². The molecule has 1 aromatic carbocycles. The largest absolute Gasteiger partial charge is 0.493 e. The molecule has 0 amide bonds. The molecule has 0 aliphatic carbocycles. The van der Waals surface area contributed by atoms with Crippen LogP contribution in [-0.2, 0) is 16.1 Å². The van der Waals surface area contributed by atoms with E-state index in [1.54, 1.807) is 0 Å². The Morgan fingerprint density at radius 1 is 1.30 bits per heavy atom. The quantitative estimate of drug-likeness (QED) is 0.550. The molecule has 0 atom stereocenters. The van der Waals surface area contributed by atoms with Crippen molar-refractivity contribution in [2.45, 2.75) is 39.2 Å². The number of carbonyl (C=O) groups is 1. The summed E-state index contributed by atoms with van der Waals surface area (Å²) in [6.45, 7) is 2.78. The molecule has 0 aromatic heterocycles. The third kappa shape index (κ3) is 6.39. The van der Waals surface area contributed by atoms with Crippen molar-refractivity contribution in [3.63, 3.8) is 0 Å². The Balaban J connectivity index is 2.20. The molecule has 0 aliphatic heterocycles. The van der Waals surface area contributed by atoms with E-state index in [-0.39, 0.29) is 12.6 Å². The zero-order valence-electron chi connectivity index (χ0n) is 11.7. The number of benzene rings is 1. The van der Waals surface area contributed by atoms with E-state index in [9.17, 15) is 9.90 Å². The van der Waals surface area contributed by atoms with Gasteiger partial charge in [-0.1, -0.05) is 15.9 Å². The molecule has 1 aromatic rings. The molecular formula is C15H21BrO4. The molecule has 4 nitrogen and oxygen atoms in total. The molecule has 0 bridgehead atoms. The van der Waals surface area contributed by atoms with E-state index in [2.05, 4.69) is 15.9 Å². The maximum atomic E-state index is 11.1. The van der Waals surface area contributed by atoms with Crippen LogP contribution >= 0.6 is 15.9 Å². The summed E-state index contributed by atoms with van der Waals surface area (Å²) in [5.74, 6) is 0.574. The highest BCUT2D eigenvalue weighted by atomic mass is 79.9. The van der Waals surface area contributed by atoms with Gasteiger partial charge in [0.15, 0.2) is 0 Å². The maximum Gasteiger partial charge on any atom is 0.305 e. The minimum absolute atomic E-state index is 0.0440. The summed E-state index contributed by atoms with van der Waals surface area (Å²) in [4.78, 5) is 11.1. The van der Waals surface area contributed by atoms with E-state index in [0.29, 0.717) is 25.4 Å². The average molecular weight is 345 g/mol. The first-order chi connectivity index (χ1) is 9.67. The minimum Gasteiger partial charge on any atom is -0.493 e. The van der Waals surface area contributed by atoms with Crippen molar-refractivity contribution in [2.75, 3.05) is 13.2 Å². The SMILES string of the molecule is CCOC(=O)CCCCCOc1ccc(Br)cc1CO. The van der Waals surface area contributed by atoms with E-state index >= 15 is 0 Å². The normalized spacial score (nSPS) is 10.3. The van der Waals surface area contributed by atoms with Crippen LogP contribution in [0.5, 0.6) is 5.75 Å². The van der Waals surface area contributed by atoms with Crippen LogP contribution in [0, 0.1) is 0 Å². The molecule has 0 saturated heterocycles. The van der Waals surface area contributed by atoms with E-state index < -0.39 is 0 Å². The number of esters is 1. The van der Waals surface area contributed by atoms with Crippen LogP contribution in [0.4, 0.5) is 0 Å². The number of aliphatic hydroxyl groups excluding tert-OH is 1. The Bertz CT molecular complexity index is 420. The van der Waals surface area contributed by atoms with Crippen molar-refractivity contribution in [2.24, 2.45) is 0 Å². The first kappa shape index (κ1) is 17.0. The van der Waals surface area contributed by atoms with Crippen LogP contribution in [0.15, 0.2) is 22.7 Å². The summed E-state index contributed by atoms with van der Waals surface area (Å²) in [6.07, 6.45) is 3.08. The number of rotatable bonds is 9. The van der Waals surface area contributed by atoms with Crippen molar-refractivity contribution in [3.05, 3.63) is 28.2 Å². The fraction of sp³-hybridized carbons (Fsp3) is 0.533. The Morgan fingerprint density at radius 3 is 2.80 bits per heavy atom. The second-order valence-electron chi connectivity index (χ2n) is 4.37. The number of aliphatic hydroxyl groups is 1. The van der Waals surface area contributed by atoms with Gasteiger partial charge in [0.1, 0.15) is 5.75 Å². The molecule has 1 N–H and O–H groups in total. The van der Waals surface area contributed by atoms with E-state index in [4.69, 9.17) is 9.47 Å². The summed E-state index contributed by atoms with van der Waals surface area (Å²) in [6, 6.07) is 5.57. The first-order valence-corrected chi connectivity index (χ1v) is 7.64. The highest BCUT2D eigenvalue weighted by molar-refractivity contribution is 9.10. The first-order valence-electron chi connectivity index (χ1n) is 6.85. The zero-order chi connectivity index (χ0) is 14.8. The van der Waals surface area contributed by atoms with Crippen molar-refractivity contribution in [1.82, 2.24) is 0 Å². The van der Waals surface area contributed by atoms with Gasteiger partial charge < -0.3 is 14.6 Å². The van der Waals surface area contributed by atoms with Gasteiger partial charge >= 0.3 is 5.97 Å². The lowest BCUT2D eigenvalue weighted by Crippen LogP contribution is -2.04.